The number of carbonyl (C=O) groups is 2. The van der Waals surface area contributed by atoms with Crippen LogP contribution in [-0.4, -0.2) is 11.8 Å². The number of amides is 2. The number of primary amides is 1. The van der Waals surface area contributed by atoms with Crippen LogP contribution in [-0.2, 0) is 11.2 Å². The van der Waals surface area contributed by atoms with Crippen LogP contribution >= 0.6 is 0 Å². The van der Waals surface area contributed by atoms with Gasteiger partial charge in [0, 0.05) is 17.7 Å². The molecule has 0 bridgehead atoms. The maximum atomic E-state index is 11.9. The number of carbonyl (C=O) groups excluding carboxylic acids is 2. The number of anilines is 1. The summed E-state index contributed by atoms with van der Waals surface area (Å²) in [7, 11) is 0. The second kappa shape index (κ2) is 6.70. The summed E-state index contributed by atoms with van der Waals surface area (Å²) in [5, 5.41) is 2.80. The van der Waals surface area contributed by atoms with Crippen LogP contribution < -0.4 is 11.1 Å². The molecule has 0 spiro atoms. The number of rotatable bonds is 5. The molecule has 2 aromatic carbocycles. The van der Waals surface area contributed by atoms with Crippen LogP contribution in [0, 0.1) is 6.92 Å². The van der Waals surface area contributed by atoms with Gasteiger partial charge in [-0.3, -0.25) is 9.59 Å². The van der Waals surface area contributed by atoms with Crippen LogP contribution in [0.15, 0.2) is 48.5 Å². The Hall–Kier alpha value is -2.62. The van der Waals surface area contributed by atoms with Crippen LogP contribution in [0.5, 0.6) is 0 Å². The van der Waals surface area contributed by atoms with Gasteiger partial charge in [-0.05, 0) is 43.2 Å². The molecule has 0 fully saturated rings. The Morgan fingerprint density at radius 2 is 1.62 bits per heavy atom. The number of hydrogen-bond acceptors (Lipinski definition) is 2. The zero-order valence-electron chi connectivity index (χ0n) is 11.9. The molecular formula is C17H18N2O2. The van der Waals surface area contributed by atoms with Gasteiger partial charge in [-0.1, -0.05) is 29.8 Å². The summed E-state index contributed by atoms with van der Waals surface area (Å²) >= 11 is 0. The molecule has 2 aromatic rings. The van der Waals surface area contributed by atoms with Gasteiger partial charge >= 0.3 is 0 Å². The molecular weight excluding hydrogens is 264 g/mol. The van der Waals surface area contributed by atoms with Gasteiger partial charge in [0.15, 0.2) is 0 Å². The normalized spacial score (nSPS) is 10.1. The second-order valence-electron chi connectivity index (χ2n) is 4.98. The predicted octanol–water partition coefficient (Wildman–Crippen LogP) is 2.67. The standard InChI is InChI=1S/C17H18N2O2/c1-12-2-4-13(5-3-12)6-11-16(20)19-15-9-7-14(8-10-15)17(18)21/h2-5,7-10H,6,11H2,1H3,(H2,18,21)(H,19,20). The Morgan fingerprint density at radius 1 is 1.00 bits per heavy atom. The highest BCUT2D eigenvalue weighted by Gasteiger charge is 2.04. The molecule has 21 heavy (non-hydrogen) atoms. The number of benzene rings is 2. The highest BCUT2D eigenvalue weighted by Crippen LogP contribution is 2.11. The van der Waals surface area contributed by atoms with Crippen LogP contribution in [0.1, 0.15) is 27.9 Å². The van der Waals surface area contributed by atoms with E-state index in [2.05, 4.69) is 5.32 Å². The van der Waals surface area contributed by atoms with Crippen LogP contribution in [0.3, 0.4) is 0 Å². The zero-order valence-corrected chi connectivity index (χ0v) is 11.9. The fourth-order valence-corrected chi connectivity index (χ4v) is 1.95. The fraction of sp³-hybridized carbons (Fsp3) is 0.176. The Bertz CT molecular complexity index is 631. The molecule has 0 saturated heterocycles. The van der Waals surface area contributed by atoms with Gasteiger partial charge in [0.2, 0.25) is 11.8 Å². The highest BCUT2D eigenvalue weighted by atomic mass is 16.1. The first-order chi connectivity index (χ1) is 10.0. The third-order valence-electron chi connectivity index (χ3n) is 3.21. The van der Waals surface area contributed by atoms with Gasteiger partial charge in [-0.25, -0.2) is 0 Å². The Morgan fingerprint density at radius 3 is 2.19 bits per heavy atom. The van der Waals surface area contributed by atoms with E-state index < -0.39 is 5.91 Å². The SMILES string of the molecule is Cc1ccc(CCC(=O)Nc2ccc(C(N)=O)cc2)cc1. The average molecular weight is 282 g/mol. The fourth-order valence-electron chi connectivity index (χ4n) is 1.95. The van der Waals surface area contributed by atoms with Crippen molar-refractivity contribution >= 4 is 17.5 Å². The lowest BCUT2D eigenvalue weighted by molar-refractivity contribution is -0.116. The summed E-state index contributed by atoms with van der Waals surface area (Å²) in [5.74, 6) is -0.533. The van der Waals surface area contributed by atoms with Gasteiger partial charge in [0.05, 0.1) is 0 Å². The van der Waals surface area contributed by atoms with Gasteiger partial charge in [0.1, 0.15) is 0 Å². The summed E-state index contributed by atoms with van der Waals surface area (Å²) in [6.45, 7) is 2.03. The third kappa shape index (κ3) is 4.45. The Kier molecular flexibility index (Phi) is 4.72. The molecule has 2 amide bonds. The molecule has 0 aliphatic rings. The maximum Gasteiger partial charge on any atom is 0.248 e. The summed E-state index contributed by atoms with van der Waals surface area (Å²) < 4.78 is 0. The maximum absolute atomic E-state index is 11.9. The minimum Gasteiger partial charge on any atom is -0.366 e. The van der Waals surface area contributed by atoms with E-state index in [0.29, 0.717) is 24.1 Å². The van der Waals surface area contributed by atoms with Crippen molar-refractivity contribution in [2.75, 3.05) is 5.32 Å². The number of nitrogens with one attached hydrogen (secondary N) is 1. The lowest BCUT2D eigenvalue weighted by Crippen LogP contribution is -2.13. The highest BCUT2D eigenvalue weighted by molar-refractivity contribution is 5.94. The van der Waals surface area contributed by atoms with Crippen molar-refractivity contribution in [2.45, 2.75) is 19.8 Å². The Balaban J connectivity index is 1.86. The molecule has 0 heterocycles. The van der Waals surface area contributed by atoms with E-state index in [4.69, 9.17) is 5.73 Å². The topological polar surface area (TPSA) is 72.2 Å². The number of aryl methyl sites for hydroxylation is 2. The first kappa shape index (κ1) is 14.8. The van der Waals surface area contributed by atoms with Crippen molar-refractivity contribution in [3.05, 3.63) is 65.2 Å². The van der Waals surface area contributed by atoms with Crippen LogP contribution in [0.2, 0.25) is 0 Å². The molecule has 0 atom stereocenters. The zero-order chi connectivity index (χ0) is 15.2. The van der Waals surface area contributed by atoms with E-state index in [1.54, 1.807) is 24.3 Å². The van der Waals surface area contributed by atoms with Crippen molar-refractivity contribution in [1.82, 2.24) is 0 Å². The number of nitrogens with two attached hydrogens (primary N) is 1. The molecule has 0 aliphatic carbocycles. The molecule has 0 saturated carbocycles. The molecule has 0 aliphatic heterocycles. The smallest absolute Gasteiger partial charge is 0.248 e. The molecule has 3 N–H and O–H groups in total. The molecule has 4 heteroatoms. The monoisotopic (exact) mass is 282 g/mol. The summed E-state index contributed by atoms with van der Waals surface area (Å²) in [6, 6.07) is 14.7. The first-order valence-corrected chi connectivity index (χ1v) is 6.80. The predicted molar refractivity (Wildman–Crippen MR) is 83.1 cm³/mol. The third-order valence-corrected chi connectivity index (χ3v) is 3.21. The van der Waals surface area contributed by atoms with E-state index in [9.17, 15) is 9.59 Å². The van der Waals surface area contributed by atoms with E-state index in [-0.39, 0.29) is 5.91 Å². The summed E-state index contributed by atoms with van der Waals surface area (Å²) in [5.41, 5.74) is 8.59. The minimum atomic E-state index is -0.479. The van der Waals surface area contributed by atoms with E-state index in [1.807, 2.05) is 31.2 Å². The quantitative estimate of drug-likeness (QED) is 0.885. The van der Waals surface area contributed by atoms with Crippen LogP contribution in [0.4, 0.5) is 5.69 Å². The largest absolute Gasteiger partial charge is 0.366 e. The van der Waals surface area contributed by atoms with Gasteiger partial charge < -0.3 is 11.1 Å². The molecule has 4 nitrogen and oxygen atoms in total. The summed E-state index contributed by atoms with van der Waals surface area (Å²) in [6.07, 6.45) is 1.12. The molecule has 108 valence electrons. The van der Waals surface area contributed by atoms with Crippen molar-refractivity contribution in [1.29, 1.82) is 0 Å². The lowest BCUT2D eigenvalue weighted by atomic mass is 10.1. The van der Waals surface area contributed by atoms with Gasteiger partial charge in [-0.15, -0.1) is 0 Å². The number of hydrogen-bond donors (Lipinski definition) is 2. The molecule has 2 rings (SSSR count). The van der Waals surface area contributed by atoms with Crippen molar-refractivity contribution in [3.8, 4) is 0 Å². The van der Waals surface area contributed by atoms with Crippen molar-refractivity contribution < 1.29 is 9.59 Å². The van der Waals surface area contributed by atoms with E-state index in [0.717, 1.165) is 5.56 Å². The molecule has 0 aromatic heterocycles. The second-order valence-corrected chi connectivity index (χ2v) is 4.98. The van der Waals surface area contributed by atoms with Gasteiger partial charge in [0.25, 0.3) is 0 Å². The van der Waals surface area contributed by atoms with Crippen molar-refractivity contribution in [3.63, 3.8) is 0 Å². The minimum absolute atomic E-state index is 0.0533. The van der Waals surface area contributed by atoms with Crippen molar-refractivity contribution in [2.24, 2.45) is 5.73 Å². The first-order valence-electron chi connectivity index (χ1n) is 6.80. The molecule has 0 unspecified atom stereocenters. The average Bonchev–Trinajstić information content (AvgIpc) is 2.47. The summed E-state index contributed by atoms with van der Waals surface area (Å²) in [4.78, 5) is 22.8. The van der Waals surface area contributed by atoms with E-state index in [1.165, 1.54) is 5.56 Å². The van der Waals surface area contributed by atoms with Crippen LogP contribution in [0.25, 0.3) is 0 Å². The Labute approximate surface area is 124 Å². The van der Waals surface area contributed by atoms with Gasteiger partial charge in [-0.2, -0.15) is 0 Å². The molecule has 0 radical (unpaired) electrons. The lowest BCUT2D eigenvalue weighted by Gasteiger charge is -2.06. The van der Waals surface area contributed by atoms with E-state index >= 15 is 0 Å².